The van der Waals surface area contributed by atoms with E-state index >= 15 is 0 Å². The van der Waals surface area contributed by atoms with Gasteiger partial charge in [0.15, 0.2) is 12.4 Å². The molecule has 0 aliphatic rings. The maximum absolute atomic E-state index is 11.6. The average molecular weight is 328 g/mol. The molecule has 0 saturated heterocycles. The van der Waals surface area contributed by atoms with Gasteiger partial charge in [0, 0.05) is 17.2 Å². The Morgan fingerprint density at radius 2 is 1.68 bits per heavy atom. The predicted octanol–water partition coefficient (Wildman–Crippen LogP) is 3.69. The molecular weight excluding hydrogens is 312 g/mol. The molecule has 2 aromatic carbocycles. The van der Waals surface area contributed by atoms with Crippen molar-refractivity contribution in [1.29, 1.82) is 0 Å². The molecule has 1 N–H and O–H groups in total. The van der Waals surface area contributed by atoms with E-state index in [9.17, 15) is 10.3 Å². The largest absolute Gasteiger partial charge is 0.619 e. The predicted molar refractivity (Wildman–Crippen MR) is 97.5 cm³/mol. The molecule has 0 radical (unpaired) electrons. The smallest absolute Gasteiger partial charge is 0.189 e. The van der Waals surface area contributed by atoms with Crippen molar-refractivity contribution in [2.45, 2.75) is 6.61 Å². The summed E-state index contributed by atoms with van der Waals surface area (Å²) in [6, 6.07) is 21.4. The van der Waals surface area contributed by atoms with E-state index in [2.05, 4.69) is 0 Å². The molecule has 4 rings (SSSR count). The van der Waals surface area contributed by atoms with Gasteiger partial charge in [-0.1, -0.05) is 54.6 Å². The summed E-state index contributed by atoms with van der Waals surface area (Å²) in [5.41, 5.74) is 5.46. The van der Waals surface area contributed by atoms with Crippen LogP contribution in [0.2, 0.25) is 0 Å². The number of aliphatic hydroxyl groups excluding tert-OH is 1. The molecule has 2 aromatic heterocycles. The van der Waals surface area contributed by atoms with Crippen molar-refractivity contribution in [2.24, 2.45) is 0 Å². The van der Waals surface area contributed by atoms with E-state index < -0.39 is 0 Å². The molecule has 25 heavy (non-hydrogen) atoms. The Morgan fingerprint density at radius 1 is 0.920 bits per heavy atom. The van der Waals surface area contributed by atoms with Crippen molar-refractivity contribution in [3.8, 4) is 22.4 Å². The van der Waals surface area contributed by atoms with Crippen molar-refractivity contribution >= 4 is 10.9 Å². The Hall–Kier alpha value is -3.24. The van der Waals surface area contributed by atoms with Crippen molar-refractivity contribution < 1.29 is 9.84 Å². The number of benzene rings is 2. The first kappa shape index (κ1) is 15.3. The van der Waals surface area contributed by atoms with Crippen LogP contribution in [0.25, 0.3) is 33.3 Å². The van der Waals surface area contributed by atoms with Crippen molar-refractivity contribution in [1.82, 2.24) is 4.98 Å². The summed E-state index contributed by atoms with van der Waals surface area (Å²) >= 11 is 0. The van der Waals surface area contributed by atoms with Gasteiger partial charge in [0.2, 0.25) is 0 Å². The molecule has 2 heterocycles. The van der Waals surface area contributed by atoms with Crippen LogP contribution in [-0.4, -0.2) is 10.1 Å². The van der Waals surface area contributed by atoms with Gasteiger partial charge in [0.05, 0.1) is 23.2 Å². The fourth-order valence-electron chi connectivity index (χ4n) is 2.93. The van der Waals surface area contributed by atoms with E-state index in [-0.39, 0.29) is 6.61 Å². The van der Waals surface area contributed by atoms with E-state index in [0.717, 1.165) is 43.6 Å². The Labute approximate surface area is 145 Å². The molecule has 122 valence electrons. The highest BCUT2D eigenvalue weighted by Gasteiger charge is 2.12. The highest BCUT2D eigenvalue weighted by molar-refractivity contribution is 5.90. The Kier molecular flexibility index (Phi) is 3.88. The average Bonchev–Trinajstić information content (AvgIpc) is 2.68. The van der Waals surface area contributed by atoms with Gasteiger partial charge in [-0.25, -0.2) is 4.98 Å². The Balaban J connectivity index is 1.98. The van der Waals surface area contributed by atoms with Crippen LogP contribution in [0.1, 0.15) is 5.56 Å². The molecule has 0 spiro atoms. The minimum absolute atomic E-state index is 0.0144. The second-order valence-electron chi connectivity index (χ2n) is 5.88. The van der Waals surface area contributed by atoms with E-state index in [1.54, 1.807) is 6.07 Å². The minimum atomic E-state index is 0.0144. The van der Waals surface area contributed by atoms with Gasteiger partial charge in [-0.05, 0) is 17.2 Å². The first-order chi connectivity index (χ1) is 12.2. The van der Waals surface area contributed by atoms with Crippen LogP contribution in [0.3, 0.4) is 0 Å². The van der Waals surface area contributed by atoms with Crippen LogP contribution in [0.4, 0.5) is 0 Å². The van der Waals surface area contributed by atoms with Crippen LogP contribution in [0.15, 0.2) is 79.1 Å². The lowest BCUT2D eigenvalue weighted by atomic mass is 9.97. The van der Waals surface area contributed by atoms with Gasteiger partial charge in [-0.15, -0.1) is 0 Å². The molecule has 0 bridgehead atoms. The zero-order chi connectivity index (χ0) is 17.2. The highest BCUT2D eigenvalue weighted by Crippen LogP contribution is 2.33. The molecule has 0 aliphatic carbocycles. The summed E-state index contributed by atoms with van der Waals surface area (Å²) < 4.78 is 0.786. The van der Waals surface area contributed by atoms with Crippen LogP contribution in [0, 0.1) is 5.21 Å². The van der Waals surface area contributed by atoms with Gasteiger partial charge in [0.25, 0.3) is 0 Å². The Bertz CT molecular complexity index is 1030. The maximum Gasteiger partial charge on any atom is 0.189 e. The first-order valence-electron chi connectivity index (χ1n) is 8.04. The third-order valence-corrected chi connectivity index (χ3v) is 4.22. The first-order valence-corrected chi connectivity index (χ1v) is 8.04. The Morgan fingerprint density at radius 3 is 2.40 bits per heavy atom. The van der Waals surface area contributed by atoms with E-state index in [1.165, 1.54) is 12.4 Å². The van der Waals surface area contributed by atoms with Crippen molar-refractivity contribution in [3.05, 3.63) is 89.9 Å². The number of fused-ring (bicyclic) bond motifs is 1. The molecule has 4 aromatic rings. The summed E-state index contributed by atoms with van der Waals surface area (Å²) in [6.07, 6.45) is 2.99. The fraction of sp³-hybridized carbons (Fsp3) is 0.0476. The second kappa shape index (κ2) is 6.34. The lowest BCUT2D eigenvalue weighted by Gasteiger charge is -2.11. The molecule has 0 atom stereocenters. The van der Waals surface area contributed by atoms with E-state index in [4.69, 9.17) is 4.98 Å². The topological polar surface area (TPSA) is 60.1 Å². The lowest BCUT2D eigenvalue weighted by molar-refractivity contribution is -0.603. The third kappa shape index (κ3) is 2.95. The van der Waals surface area contributed by atoms with Gasteiger partial charge in [-0.2, -0.15) is 4.73 Å². The number of nitrogens with zero attached hydrogens (tertiary/aromatic N) is 2. The quantitative estimate of drug-likeness (QED) is 0.461. The van der Waals surface area contributed by atoms with Gasteiger partial charge in [-0.3, -0.25) is 0 Å². The number of aliphatic hydroxyl groups is 1. The van der Waals surface area contributed by atoms with Crippen LogP contribution >= 0.6 is 0 Å². The molecule has 0 fully saturated rings. The molecule has 4 nitrogen and oxygen atoms in total. The standard InChI is InChI=1S/C21H16N2O2/c24-14-15-6-8-17(9-7-15)21-19(16-4-2-1-3-5-16)12-18-13-23(25)11-10-20(18)22-21/h1-13,24H,14H2. The maximum atomic E-state index is 11.6. The highest BCUT2D eigenvalue weighted by atomic mass is 16.5. The van der Waals surface area contributed by atoms with Gasteiger partial charge in [0.1, 0.15) is 0 Å². The zero-order valence-electron chi connectivity index (χ0n) is 13.5. The van der Waals surface area contributed by atoms with Gasteiger partial charge >= 0.3 is 0 Å². The summed E-state index contributed by atoms with van der Waals surface area (Å²) in [7, 11) is 0. The van der Waals surface area contributed by atoms with E-state index in [0.29, 0.717) is 0 Å². The van der Waals surface area contributed by atoms with Crippen molar-refractivity contribution in [3.63, 3.8) is 0 Å². The van der Waals surface area contributed by atoms with E-state index in [1.807, 2.05) is 60.7 Å². The monoisotopic (exact) mass is 328 g/mol. The number of hydrogen-bond acceptors (Lipinski definition) is 3. The van der Waals surface area contributed by atoms with Crippen molar-refractivity contribution in [2.75, 3.05) is 0 Å². The van der Waals surface area contributed by atoms with Crippen LogP contribution in [-0.2, 0) is 6.61 Å². The SMILES string of the molecule is [O-][n+]1ccc2nc(-c3ccc(CO)cc3)c(-c3ccccc3)cc2c1. The molecule has 4 heteroatoms. The third-order valence-electron chi connectivity index (χ3n) is 4.22. The summed E-state index contributed by atoms with van der Waals surface area (Å²) in [5, 5.41) is 21.7. The molecular formula is C21H16N2O2. The summed E-state index contributed by atoms with van der Waals surface area (Å²) in [5.74, 6) is 0. The molecule has 0 unspecified atom stereocenters. The summed E-state index contributed by atoms with van der Waals surface area (Å²) in [4.78, 5) is 4.80. The number of pyridine rings is 2. The summed E-state index contributed by atoms with van der Waals surface area (Å²) in [6.45, 7) is 0.0144. The number of rotatable bonds is 3. The molecule has 0 saturated carbocycles. The van der Waals surface area contributed by atoms with Gasteiger partial charge < -0.3 is 10.3 Å². The zero-order valence-corrected chi connectivity index (χ0v) is 13.5. The number of aromatic nitrogens is 2. The number of hydrogen-bond donors (Lipinski definition) is 1. The molecule has 0 amide bonds. The minimum Gasteiger partial charge on any atom is -0.619 e. The van der Waals surface area contributed by atoms with Crippen LogP contribution in [0.5, 0.6) is 0 Å². The molecule has 0 aliphatic heterocycles. The van der Waals surface area contributed by atoms with Crippen LogP contribution < -0.4 is 4.73 Å². The fourth-order valence-corrected chi connectivity index (χ4v) is 2.93. The normalized spacial score (nSPS) is 10.9. The lowest BCUT2D eigenvalue weighted by Crippen LogP contribution is -2.23. The second-order valence-corrected chi connectivity index (χ2v) is 5.88.